The second-order valence-corrected chi connectivity index (χ2v) is 3.39. The highest BCUT2D eigenvalue weighted by Gasteiger charge is 2.19. The quantitative estimate of drug-likeness (QED) is 0.754. The van der Waals surface area contributed by atoms with Gasteiger partial charge < -0.3 is 16.2 Å². The molecule has 2 atom stereocenters. The van der Waals surface area contributed by atoms with Gasteiger partial charge in [0.15, 0.2) is 0 Å². The van der Waals surface area contributed by atoms with Crippen molar-refractivity contribution in [3.05, 3.63) is 23.4 Å². The number of nitrogen functional groups attached to an aromatic ring is 1. The van der Waals surface area contributed by atoms with Gasteiger partial charge in [0.05, 0.1) is 12.1 Å². The van der Waals surface area contributed by atoms with E-state index in [0.717, 1.165) is 11.1 Å². The number of anilines is 1. The summed E-state index contributed by atoms with van der Waals surface area (Å²) in [6, 6.07) is 1.67. The van der Waals surface area contributed by atoms with Crippen LogP contribution in [-0.2, 0) is 4.74 Å². The van der Waals surface area contributed by atoms with Crippen LogP contribution in [-0.4, -0.2) is 18.2 Å². The lowest BCUT2D eigenvalue weighted by atomic mass is 9.99. The predicted octanol–water partition coefficient (Wildman–Crippen LogP) is 1.01. The molecule has 0 saturated carbocycles. The summed E-state index contributed by atoms with van der Waals surface area (Å²) in [5.41, 5.74) is 13.7. The van der Waals surface area contributed by atoms with Gasteiger partial charge in [0, 0.05) is 18.9 Å². The molecule has 0 amide bonds. The second-order valence-electron chi connectivity index (χ2n) is 3.39. The van der Waals surface area contributed by atoms with Crippen molar-refractivity contribution in [1.82, 2.24) is 4.98 Å². The van der Waals surface area contributed by atoms with Crippen LogP contribution in [0.4, 0.5) is 5.82 Å². The number of methoxy groups -OCH3 is 1. The zero-order valence-corrected chi connectivity index (χ0v) is 8.82. The molecule has 4 nitrogen and oxygen atoms in total. The Morgan fingerprint density at radius 2 is 2.14 bits per heavy atom. The van der Waals surface area contributed by atoms with Crippen molar-refractivity contribution < 1.29 is 4.74 Å². The van der Waals surface area contributed by atoms with E-state index in [9.17, 15) is 0 Å². The SMILES string of the molecule is COC(C)C(N)c1c(C)ccnc1N. The summed E-state index contributed by atoms with van der Waals surface area (Å²) in [5, 5.41) is 0. The normalized spacial score (nSPS) is 15.1. The first-order valence-corrected chi connectivity index (χ1v) is 4.57. The predicted molar refractivity (Wildman–Crippen MR) is 56.8 cm³/mol. The van der Waals surface area contributed by atoms with Crippen LogP contribution in [0.5, 0.6) is 0 Å². The molecule has 0 aliphatic rings. The molecular formula is C10H17N3O. The van der Waals surface area contributed by atoms with Gasteiger partial charge >= 0.3 is 0 Å². The summed E-state index contributed by atoms with van der Waals surface area (Å²) in [6.45, 7) is 3.88. The Hall–Kier alpha value is -1.13. The Kier molecular flexibility index (Phi) is 3.43. The fourth-order valence-corrected chi connectivity index (χ4v) is 1.41. The molecule has 0 spiro atoms. The number of ether oxygens (including phenoxy) is 1. The molecule has 0 aromatic carbocycles. The zero-order chi connectivity index (χ0) is 10.7. The number of aromatic nitrogens is 1. The number of rotatable bonds is 3. The summed E-state index contributed by atoms with van der Waals surface area (Å²) in [7, 11) is 1.63. The van der Waals surface area contributed by atoms with Gasteiger partial charge in [-0.2, -0.15) is 0 Å². The number of nitrogens with zero attached hydrogens (tertiary/aromatic N) is 1. The van der Waals surface area contributed by atoms with Crippen molar-refractivity contribution in [2.75, 3.05) is 12.8 Å². The van der Waals surface area contributed by atoms with E-state index in [2.05, 4.69) is 4.98 Å². The second kappa shape index (κ2) is 4.39. The molecule has 0 bridgehead atoms. The summed E-state index contributed by atoms with van der Waals surface area (Å²) < 4.78 is 5.17. The van der Waals surface area contributed by atoms with Gasteiger partial charge in [-0.3, -0.25) is 0 Å². The highest BCUT2D eigenvalue weighted by Crippen LogP contribution is 2.23. The fraction of sp³-hybridized carbons (Fsp3) is 0.500. The highest BCUT2D eigenvalue weighted by atomic mass is 16.5. The maximum absolute atomic E-state index is 6.01. The maximum atomic E-state index is 6.01. The third-order valence-corrected chi connectivity index (χ3v) is 2.45. The van der Waals surface area contributed by atoms with Crippen LogP contribution in [0.25, 0.3) is 0 Å². The van der Waals surface area contributed by atoms with E-state index < -0.39 is 0 Å². The monoisotopic (exact) mass is 195 g/mol. The molecule has 1 rings (SSSR count). The molecule has 4 heteroatoms. The van der Waals surface area contributed by atoms with Crippen molar-refractivity contribution in [2.45, 2.75) is 26.0 Å². The average molecular weight is 195 g/mol. The lowest BCUT2D eigenvalue weighted by molar-refractivity contribution is 0.0956. The van der Waals surface area contributed by atoms with Crippen molar-refractivity contribution in [2.24, 2.45) is 5.73 Å². The lowest BCUT2D eigenvalue weighted by Gasteiger charge is -2.21. The van der Waals surface area contributed by atoms with Crippen molar-refractivity contribution in [3.63, 3.8) is 0 Å². The molecule has 2 unspecified atom stereocenters. The first-order chi connectivity index (χ1) is 6.57. The maximum Gasteiger partial charge on any atom is 0.128 e. The van der Waals surface area contributed by atoms with Crippen molar-refractivity contribution in [1.29, 1.82) is 0 Å². The number of nitrogens with two attached hydrogens (primary N) is 2. The van der Waals surface area contributed by atoms with Crippen molar-refractivity contribution in [3.8, 4) is 0 Å². The van der Waals surface area contributed by atoms with Crippen LogP contribution in [0, 0.1) is 6.92 Å². The molecule has 0 radical (unpaired) electrons. The molecule has 0 aliphatic heterocycles. The molecule has 78 valence electrons. The molecule has 4 N–H and O–H groups in total. The third-order valence-electron chi connectivity index (χ3n) is 2.45. The molecule has 0 fully saturated rings. The van der Waals surface area contributed by atoms with Gasteiger partial charge in [-0.25, -0.2) is 4.98 Å². The summed E-state index contributed by atoms with van der Waals surface area (Å²) >= 11 is 0. The Bertz CT molecular complexity index is 294. The van der Waals surface area contributed by atoms with E-state index in [4.69, 9.17) is 16.2 Å². The van der Waals surface area contributed by atoms with Crippen LogP contribution < -0.4 is 11.5 Å². The number of hydrogen-bond acceptors (Lipinski definition) is 4. The molecule has 14 heavy (non-hydrogen) atoms. The highest BCUT2D eigenvalue weighted by molar-refractivity contribution is 5.46. The van der Waals surface area contributed by atoms with E-state index >= 15 is 0 Å². The van der Waals surface area contributed by atoms with Gasteiger partial charge in [-0.05, 0) is 25.5 Å². The lowest BCUT2D eigenvalue weighted by Crippen LogP contribution is -2.27. The Morgan fingerprint density at radius 1 is 1.50 bits per heavy atom. The van der Waals surface area contributed by atoms with Crippen LogP contribution >= 0.6 is 0 Å². The minimum atomic E-state index is -0.228. The first kappa shape index (κ1) is 10.9. The Balaban J connectivity index is 3.05. The van der Waals surface area contributed by atoms with Crippen LogP contribution in [0.2, 0.25) is 0 Å². The topological polar surface area (TPSA) is 74.2 Å². The van der Waals surface area contributed by atoms with Gasteiger partial charge in [0.2, 0.25) is 0 Å². The minimum Gasteiger partial charge on any atom is -0.383 e. The Morgan fingerprint density at radius 3 is 2.64 bits per heavy atom. The van der Waals surface area contributed by atoms with Gasteiger partial charge in [0.25, 0.3) is 0 Å². The number of aryl methyl sites for hydroxylation is 1. The minimum absolute atomic E-state index is 0.0693. The van der Waals surface area contributed by atoms with E-state index in [1.165, 1.54) is 0 Å². The number of hydrogen-bond donors (Lipinski definition) is 2. The van der Waals surface area contributed by atoms with Crippen molar-refractivity contribution >= 4 is 5.82 Å². The zero-order valence-electron chi connectivity index (χ0n) is 8.82. The molecule has 0 saturated heterocycles. The summed E-state index contributed by atoms with van der Waals surface area (Å²) in [6.07, 6.45) is 1.61. The van der Waals surface area contributed by atoms with Crippen LogP contribution in [0.15, 0.2) is 12.3 Å². The molecule has 1 aromatic heterocycles. The average Bonchev–Trinajstić information content (AvgIpc) is 2.16. The summed E-state index contributed by atoms with van der Waals surface area (Å²) in [4.78, 5) is 4.02. The molecule has 0 aliphatic carbocycles. The van der Waals surface area contributed by atoms with Gasteiger partial charge in [0.1, 0.15) is 5.82 Å². The van der Waals surface area contributed by atoms with E-state index in [0.29, 0.717) is 5.82 Å². The largest absolute Gasteiger partial charge is 0.383 e. The smallest absolute Gasteiger partial charge is 0.128 e. The number of pyridine rings is 1. The molecule has 1 heterocycles. The summed E-state index contributed by atoms with van der Waals surface area (Å²) in [5.74, 6) is 0.487. The fourth-order valence-electron chi connectivity index (χ4n) is 1.41. The van der Waals surface area contributed by atoms with Gasteiger partial charge in [-0.15, -0.1) is 0 Å². The van der Waals surface area contributed by atoms with Gasteiger partial charge in [-0.1, -0.05) is 0 Å². The molecular weight excluding hydrogens is 178 g/mol. The van der Waals surface area contributed by atoms with E-state index in [1.54, 1.807) is 13.3 Å². The van der Waals surface area contributed by atoms with E-state index in [1.807, 2.05) is 19.9 Å². The van der Waals surface area contributed by atoms with Crippen LogP contribution in [0.1, 0.15) is 24.1 Å². The first-order valence-electron chi connectivity index (χ1n) is 4.57. The molecule has 1 aromatic rings. The standard InChI is InChI=1S/C10H17N3O/c1-6-4-5-13-10(12)8(6)9(11)7(2)14-3/h4-5,7,9H,11H2,1-3H3,(H2,12,13). The third kappa shape index (κ3) is 2.02. The van der Waals surface area contributed by atoms with Crippen LogP contribution in [0.3, 0.4) is 0 Å². The Labute approximate surface area is 84.3 Å². The van der Waals surface area contributed by atoms with E-state index in [-0.39, 0.29) is 12.1 Å².